The zero-order valence-corrected chi connectivity index (χ0v) is 18.6. The van der Waals surface area contributed by atoms with E-state index in [0.717, 1.165) is 24.7 Å². The van der Waals surface area contributed by atoms with E-state index in [4.69, 9.17) is 4.98 Å². The minimum Gasteiger partial charge on any atom is -1.00 e. The third kappa shape index (κ3) is 5.77. The molecule has 0 aromatic carbocycles. The van der Waals surface area contributed by atoms with E-state index < -0.39 is 0 Å². The van der Waals surface area contributed by atoms with E-state index in [1.165, 1.54) is 25.7 Å². The van der Waals surface area contributed by atoms with Crippen molar-refractivity contribution in [1.82, 2.24) is 14.1 Å². The molecule has 0 spiro atoms. The second-order valence-corrected chi connectivity index (χ2v) is 6.18. The van der Waals surface area contributed by atoms with E-state index in [1.54, 1.807) is 0 Å². The standard InChI is InChI=1S/C19H27N5.2BrH/c1-3-5-10-21-12-14-23(16-21)18-8-7-9-19(20-18)24-15-13-22(17-24)11-6-4-2;;/h7-9,12-17H,3-6,10-11H2,1-2H3;2*1H/q+2;;/p-2. The molecule has 3 aromatic rings. The van der Waals surface area contributed by atoms with Crippen molar-refractivity contribution in [2.24, 2.45) is 0 Å². The van der Waals surface area contributed by atoms with Gasteiger partial charge in [-0.25, -0.2) is 9.13 Å². The summed E-state index contributed by atoms with van der Waals surface area (Å²) in [4.78, 5) is 4.80. The number of halogens is 2. The van der Waals surface area contributed by atoms with Crippen molar-refractivity contribution >= 4 is 0 Å². The second-order valence-electron chi connectivity index (χ2n) is 6.18. The third-order valence-electron chi connectivity index (χ3n) is 4.17. The second kappa shape index (κ2) is 11.3. The average molecular weight is 485 g/mol. The van der Waals surface area contributed by atoms with Gasteiger partial charge in [-0.05, 0) is 12.8 Å². The molecule has 7 heteroatoms. The van der Waals surface area contributed by atoms with Crippen LogP contribution in [0.3, 0.4) is 0 Å². The predicted molar refractivity (Wildman–Crippen MR) is 93.1 cm³/mol. The first kappa shape index (κ1) is 22.6. The first-order valence-corrected chi connectivity index (χ1v) is 8.92. The topological polar surface area (TPSA) is 30.5 Å². The Hall–Kier alpha value is -1.47. The highest BCUT2D eigenvalue weighted by Crippen LogP contribution is 2.08. The van der Waals surface area contributed by atoms with Gasteiger partial charge in [0.1, 0.15) is 24.8 Å². The Morgan fingerprint density at radius 2 is 1.27 bits per heavy atom. The van der Waals surface area contributed by atoms with Crippen molar-refractivity contribution in [3.05, 3.63) is 55.6 Å². The average Bonchev–Trinajstić information content (AvgIpc) is 3.28. The van der Waals surface area contributed by atoms with Gasteiger partial charge < -0.3 is 34.0 Å². The number of hydrogen-bond donors (Lipinski definition) is 0. The summed E-state index contributed by atoms with van der Waals surface area (Å²) in [6.07, 6.45) is 17.4. The van der Waals surface area contributed by atoms with Gasteiger partial charge >= 0.3 is 0 Å². The number of hydrogen-bond acceptors (Lipinski definition) is 1. The molecule has 0 saturated carbocycles. The summed E-state index contributed by atoms with van der Waals surface area (Å²) in [5.41, 5.74) is 0. The van der Waals surface area contributed by atoms with Crippen LogP contribution in [0.1, 0.15) is 39.5 Å². The highest BCUT2D eigenvalue weighted by molar-refractivity contribution is 5.31. The fourth-order valence-corrected chi connectivity index (χ4v) is 2.71. The van der Waals surface area contributed by atoms with Gasteiger partial charge in [-0.1, -0.05) is 32.8 Å². The van der Waals surface area contributed by atoms with E-state index in [0.29, 0.717) is 0 Å². The fourth-order valence-electron chi connectivity index (χ4n) is 2.71. The number of aryl methyl sites for hydroxylation is 2. The molecule has 3 aromatic heterocycles. The van der Waals surface area contributed by atoms with Crippen molar-refractivity contribution in [3.63, 3.8) is 0 Å². The Balaban J connectivity index is 0.00000169. The summed E-state index contributed by atoms with van der Waals surface area (Å²) >= 11 is 0. The monoisotopic (exact) mass is 483 g/mol. The lowest BCUT2D eigenvalue weighted by molar-refractivity contribution is -0.696. The van der Waals surface area contributed by atoms with Crippen LogP contribution < -0.4 is 43.1 Å². The molecule has 5 nitrogen and oxygen atoms in total. The number of nitrogens with zero attached hydrogens (tertiary/aromatic N) is 5. The summed E-state index contributed by atoms with van der Waals surface area (Å²) < 4.78 is 8.58. The highest BCUT2D eigenvalue weighted by atomic mass is 79.9. The van der Waals surface area contributed by atoms with E-state index in [-0.39, 0.29) is 34.0 Å². The first-order valence-electron chi connectivity index (χ1n) is 8.92. The highest BCUT2D eigenvalue weighted by Gasteiger charge is 2.12. The van der Waals surface area contributed by atoms with Crippen molar-refractivity contribution in [2.45, 2.75) is 52.6 Å². The first-order chi connectivity index (χ1) is 11.8. The summed E-state index contributed by atoms with van der Waals surface area (Å²) in [7, 11) is 0. The van der Waals surface area contributed by atoms with E-state index >= 15 is 0 Å². The van der Waals surface area contributed by atoms with E-state index in [2.05, 4.69) is 75.6 Å². The summed E-state index contributed by atoms with van der Waals surface area (Å²) in [5, 5.41) is 0. The van der Waals surface area contributed by atoms with Crippen LogP contribution in [-0.4, -0.2) is 14.1 Å². The molecular weight excluding hydrogens is 458 g/mol. The molecule has 0 fully saturated rings. The molecule has 3 heterocycles. The molecule has 0 saturated heterocycles. The van der Waals surface area contributed by atoms with Crippen LogP contribution in [0.4, 0.5) is 0 Å². The molecule has 142 valence electrons. The van der Waals surface area contributed by atoms with Crippen molar-refractivity contribution in [2.75, 3.05) is 0 Å². The zero-order valence-electron chi connectivity index (χ0n) is 15.4. The Kier molecular flexibility index (Phi) is 9.80. The van der Waals surface area contributed by atoms with Gasteiger partial charge in [0.15, 0.2) is 0 Å². The van der Waals surface area contributed by atoms with Crippen molar-refractivity contribution in [1.29, 1.82) is 0 Å². The molecule has 0 aliphatic carbocycles. The summed E-state index contributed by atoms with van der Waals surface area (Å²) in [6.45, 7) is 6.54. The van der Waals surface area contributed by atoms with Crippen molar-refractivity contribution < 1.29 is 43.1 Å². The summed E-state index contributed by atoms with van der Waals surface area (Å²) in [5.74, 6) is 1.88. The predicted octanol–water partition coefficient (Wildman–Crippen LogP) is -3.15. The van der Waals surface area contributed by atoms with Gasteiger partial charge in [-0.15, -0.1) is 0 Å². The molecule has 0 aliphatic heterocycles. The number of rotatable bonds is 8. The lowest BCUT2D eigenvalue weighted by atomic mass is 10.3. The molecule has 0 unspecified atom stereocenters. The van der Waals surface area contributed by atoms with Crippen LogP contribution in [0.5, 0.6) is 0 Å². The van der Waals surface area contributed by atoms with Crippen LogP contribution >= 0.6 is 0 Å². The van der Waals surface area contributed by atoms with Crippen LogP contribution in [0.25, 0.3) is 11.6 Å². The molecule has 0 aliphatic rings. The SMILES string of the molecule is CCCC[n+]1ccn(-c2cccc(-n3cc[n+](CCCC)c3)n2)c1.[Br-].[Br-]. The maximum Gasteiger partial charge on any atom is 0.250 e. The minimum absolute atomic E-state index is 0. The maximum atomic E-state index is 4.80. The number of pyridine rings is 1. The Morgan fingerprint density at radius 1 is 0.808 bits per heavy atom. The quantitative estimate of drug-likeness (QED) is 0.311. The normalized spacial score (nSPS) is 10.2. The van der Waals surface area contributed by atoms with Crippen molar-refractivity contribution in [3.8, 4) is 11.6 Å². The Labute approximate surface area is 176 Å². The molecule has 0 amide bonds. The molecule has 0 atom stereocenters. The largest absolute Gasteiger partial charge is 1.00 e. The van der Waals surface area contributed by atoms with Gasteiger partial charge in [-0.2, -0.15) is 14.1 Å². The lowest BCUT2D eigenvalue weighted by Crippen LogP contribution is -3.00. The number of aromatic nitrogens is 5. The molecule has 3 rings (SSSR count). The minimum atomic E-state index is 0. The summed E-state index contributed by atoms with van der Waals surface area (Å²) in [6, 6.07) is 6.15. The molecule has 26 heavy (non-hydrogen) atoms. The van der Waals surface area contributed by atoms with Crippen LogP contribution in [-0.2, 0) is 13.1 Å². The van der Waals surface area contributed by atoms with Crippen LogP contribution in [0, 0.1) is 0 Å². The molecule has 0 N–H and O–H groups in total. The number of imidazole rings is 2. The van der Waals surface area contributed by atoms with E-state index in [9.17, 15) is 0 Å². The zero-order chi connectivity index (χ0) is 16.8. The Morgan fingerprint density at radius 3 is 1.69 bits per heavy atom. The van der Waals surface area contributed by atoms with Gasteiger partial charge in [-0.3, -0.25) is 0 Å². The van der Waals surface area contributed by atoms with Gasteiger partial charge in [0.25, 0.3) is 0 Å². The van der Waals surface area contributed by atoms with E-state index in [1.807, 2.05) is 12.1 Å². The maximum absolute atomic E-state index is 4.80. The third-order valence-corrected chi connectivity index (χ3v) is 4.17. The molecule has 0 radical (unpaired) electrons. The van der Waals surface area contributed by atoms with Crippen LogP contribution in [0.15, 0.2) is 55.6 Å². The molecule has 0 bridgehead atoms. The van der Waals surface area contributed by atoms with Gasteiger partial charge in [0.2, 0.25) is 24.3 Å². The van der Waals surface area contributed by atoms with Crippen LogP contribution in [0.2, 0.25) is 0 Å². The fraction of sp³-hybridized carbons (Fsp3) is 0.421. The van der Waals surface area contributed by atoms with Gasteiger partial charge in [0, 0.05) is 12.1 Å². The molecular formula is C19H27Br2N5. The lowest BCUT2D eigenvalue weighted by Gasteiger charge is -1.98. The number of unbranched alkanes of at least 4 members (excludes halogenated alkanes) is 2. The Bertz CT molecular complexity index is 720. The van der Waals surface area contributed by atoms with Gasteiger partial charge in [0.05, 0.1) is 13.1 Å². The smallest absolute Gasteiger partial charge is 0.250 e.